The van der Waals surface area contributed by atoms with E-state index in [1.165, 1.54) is 34.8 Å². The third kappa shape index (κ3) is 7.08. The number of nitrogens with one attached hydrogen (secondary N) is 2. The summed E-state index contributed by atoms with van der Waals surface area (Å²) in [5.41, 5.74) is 0.906. The molecule has 202 valence electrons. The number of carbonyl (C=O) groups excluding carboxylic acids is 1. The molecule has 0 spiro atoms. The fourth-order valence-corrected chi connectivity index (χ4v) is 5.42. The highest BCUT2D eigenvalue weighted by Gasteiger charge is 2.25. The molecule has 0 fully saturated rings. The molecule has 0 saturated carbocycles. The van der Waals surface area contributed by atoms with Crippen LogP contribution < -0.4 is 10.6 Å². The average molecular weight is 602 g/mol. The van der Waals surface area contributed by atoms with Crippen molar-refractivity contribution in [3.05, 3.63) is 69.2 Å². The highest BCUT2D eigenvalue weighted by Crippen LogP contribution is 2.26. The summed E-state index contributed by atoms with van der Waals surface area (Å²) in [7, 11) is -3.86. The first-order valence-corrected chi connectivity index (χ1v) is 13.8. The predicted octanol–water partition coefficient (Wildman–Crippen LogP) is 4.22. The molecule has 3 N–H and O–H groups in total. The van der Waals surface area contributed by atoms with Gasteiger partial charge in [-0.3, -0.25) is 4.79 Å². The van der Waals surface area contributed by atoms with Crippen LogP contribution in [0.15, 0.2) is 47.9 Å². The van der Waals surface area contributed by atoms with Gasteiger partial charge in [-0.15, -0.1) is 0 Å². The molecule has 15 heteroatoms. The van der Waals surface area contributed by atoms with Crippen LogP contribution in [0, 0.1) is 0 Å². The number of anilines is 2. The molecule has 3 aromatic rings. The standard InChI is InChI=1S/C23H23Cl3N6O5S/c1-3-32(4-2)38(36,37)21-10-20(28-12-29-21)30-18(23(34)35)8-13-5-6-17(15(24)7-13)31-22(33)14-9-19(26)27-11-16(14)25/h5-7,9-12,18H,3-4,8H2,1-2H3,(H,31,33)(H,34,35)(H,28,29,30)/t18-/m0/s1. The Bertz CT molecular complexity index is 1450. The fraction of sp³-hybridized carbons (Fsp3) is 0.261. The number of carboxylic acid groups (broad SMARTS) is 1. The maximum Gasteiger partial charge on any atom is 0.326 e. The zero-order valence-electron chi connectivity index (χ0n) is 20.2. The summed E-state index contributed by atoms with van der Waals surface area (Å²) in [5, 5.41) is 15.2. The number of pyridine rings is 1. The van der Waals surface area contributed by atoms with Crippen LogP contribution in [0.4, 0.5) is 11.5 Å². The van der Waals surface area contributed by atoms with Gasteiger partial charge in [0, 0.05) is 31.8 Å². The number of rotatable bonds is 11. The minimum Gasteiger partial charge on any atom is -0.480 e. The van der Waals surface area contributed by atoms with Crippen LogP contribution in [0.3, 0.4) is 0 Å². The third-order valence-corrected chi connectivity index (χ3v) is 8.13. The van der Waals surface area contributed by atoms with E-state index in [4.69, 9.17) is 34.8 Å². The topological polar surface area (TPSA) is 154 Å². The Morgan fingerprint density at radius 2 is 1.74 bits per heavy atom. The van der Waals surface area contributed by atoms with Crippen molar-refractivity contribution in [2.24, 2.45) is 0 Å². The monoisotopic (exact) mass is 600 g/mol. The number of hydrogen-bond donors (Lipinski definition) is 3. The highest BCUT2D eigenvalue weighted by molar-refractivity contribution is 7.89. The molecular formula is C23H23Cl3N6O5S. The second-order valence-corrected chi connectivity index (χ2v) is 10.9. The van der Waals surface area contributed by atoms with Gasteiger partial charge in [0.25, 0.3) is 15.9 Å². The molecule has 0 bridgehead atoms. The van der Waals surface area contributed by atoms with Crippen LogP contribution in [-0.2, 0) is 21.2 Å². The number of benzene rings is 1. The Kier molecular flexibility index (Phi) is 9.85. The first kappa shape index (κ1) is 29.5. The molecule has 3 rings (SSSR count). The van der Waals surface area contributed by atoms with E-state index in [0.29, 0.717) is 5.56 Å². The van der Waals surface area contributed by atoms with Gasteiger partial charge in [-0.1, -0.05) is 54.7 Å². The van der Waals surface area contributed by atoms with Crippen LogP contribution in [0.25, 0.3) is 0 Å². The van der Waals surface area contributed by atoms with Gasteiger partial charge >= 0.3 is 5.97 Å². The molecular weight excluding hydrogens is 579 g/mol. The number of sulfonamides is 1. The van der Waals surface area contributed by atoms with Crippen molar-refractivity contribution in [1.29, 1.82) is 0 Å². The lowest BCUT2D eigenvalue weighted by Crippen LogP contribution is -2.33. The maximum atomic E-state index is 12.8. The molecule has 1 atom stereocenters. The summed E-state index contributed by atoms with van der Waals surface area (Å²) < 4.78 is 26.7. The molecule has 1 aromatic carbocycles. The van der Waals surface area contributed by atoms with E-state index in [-0.39, 0.29) is 56.8 Å². The molecule has 0 saturated heterocycles. The van der Waals surface area contributed by atoms with Gasteiger partial charge in [0.1, 0.15) is 23.3 Å². The summed E-state index contributed by atoms with van der Waals surface area (Å²) in [6, 6.07) is 5.94. The molecule has 1 amide bonds. The fourth-order valence-electron chi connectivity index (χ4n) is 3.43. The predicted molar refractivity (Wildman–Crippen MR) is 145 cm³/mol. The van der Waals surface area contributed by atoms with Crippen molar-refractivity contribution in [2.45, 2.75) is 31.3 Å². The molecule has 0 radical (unpaired) electrons. The van der Waals surface area contributed by atoms with E-state index in [1.54, 1.807) is 19.9 Å². The van der Waals surface area contributed by atoms with E-state index in [2.05, 4.69) is 25.6 Å². The van der Waals surface area contributed by atoms with Crippen LogP contribution >= 0.6 is 34.8 Å². The van der Waals surface area contributed by atoms with Crippen LogP contribution in [0.1, 0.15) is 29.8 Å². The molecule has 2 heterocycles. The molecule has 11 nitrogen and oxygen atoms in total. The number of amides is 1. The Balaban J connectivity index is 1.77. The maximum absolute atomic E-state index is 12.8. The van der Waals surface area contributed by atoms with E-state index in [0.717, 1.165) is 6.33 Å². The summed E-state index contributed by atoms with van der Waals surface area (Å²) in [6.07, 6.45) is 2.27. The van der Waals surface area contributed by atoms with Crippen molar-refractivity contribution in [3.63, 3.8) is 0 Å². The molecule has 38 heavy (non-hydrogen) atoms. The summed E-state index contributed by atoms with van der Waals surface area (Å²) in [5.74, 6) is -1.73. The minimum absolute atomic E-state index is 0.0287. The summed E-state index contributed by atoms with van der Waals surface area (Å²) in [6.45, 7) is 3.91. The average Bonchev–Trinajstić information content (AvgIpc) is 2.87. The van der Waals surface area contributed by atoms with Crippen LogP contribution in [0.2, 0.25) is 15.2 Å². The Labute approximate surface area is 234 Å². The van der Waals surface area contributed by atoms with Crippen molar-refractivity contribution < 1.29 is 23.1 Å². The normalized spacial score (nSPS) is 12.3. The first-order valence-electron chi connectivity index (χ1n) is 11.2. The van der Waals surface area contributed by atoms with Gasteiger partial charge in [0.15, 0.2) is 5.03 Å². The molecule has 0 aliphatic rings. The Morgan fingerprint density at radius 3 is 2.37 bits per heavy atom. The number of halogens is 3. The number of carboxylic acids is 1. The number of aliphatic carboxylic acids is 1. The van der Waals surface area contributed by atoms with E-state index >= 15 is 0 Å². The number of nitrogens with zero attached hydrogens (tertiary/aromatic N) is 4. The van der Waals surface area contributed by atoms with E-state index in [9.17, 15) is 23.1 Å². The molecule has 0 aliphatic carbocycles. The highest BCUT2D eigenvalue weighted by atomic mass is 35.5. The molecule has 2 aromatic heterocycles. The second-order valence-electron chi connectivity index (χ2n) is 7.83. The van der Waals surface area contributed by atoms with Gasteiger partial charge in [-0.05, 0) is 23.8 Å². The molecule has 0 unspecified atom stereocenters. The Hall–Kier alpha value is -3.03. The largest absolute Gasteiger partial charge is 0.480 e. The lowest BCUT2D eigenvalue weighted by molar-refractivity contribution is -0.137. The van der Waals surface area contributed by atoms with Gasteiger partial charge < -0.3 is 15.7 Å². The summed E-state index contributed by atoms with van der Waals surface area (Å²) >= 11 is 18.2. The van der Waals surface area contributed by atoms with Crippen molar-refractivity contribution in [2.75, 3.05) is 23.7 Å². The van der Waals surface area contributed by atoms with Crippen molar-refractivity contribution in [3.8, 4) is 0 Å². The van der Waals surface area contributed by atoms with Gasteiger partial charge in [-0.2, -0.15) is 4.31 Å². The van der Waals surface area contributed by atoms with Crippen LogP contribution in [0.5, 0.6) is 0 Å². The van der Waals surface area contributed by atoms with Gasteiger partial charge in [-0.25, -0.2) is 28.2 Å². The number of carbonyl (C=O) groups is 2. The van der Waals surface area contributed by atoms with Crippen molar-refractivity contribution in [1.82, 2.24) is 19.3 Å². The first-order chi connectivity index (χ1) is 18.0. The quantitative estimate of drug-likeness (QED) is 0.216. The van der Waals surface area contributed by atoms with E-state index in [1.807, 2.05) is 0 Å². The zero-order valence-corrected chi connectivity index (χ0v) is 23.2. The SMILES string of the molecule is CCN(CC)S(=O)(=O)c1cc(N[C@@H](Cc2ccc(NC(=O)c3cc(Cl)ncc3Cl)c(Cl)c2)C(=O)O)ncn1. The second kappa shape index (κ2) is 12.7. The lowest BCUT2D eigenvalue weighted by atomic mass is 10.1. The van der Waals surface area contributed by atoms with E-state index < -0.39 is 27.9 Å². The zero-order chi connectivity index (χ0) is 28.0. The van der Waals surface area contributed by atoms with Gasteiger partial charge in [0.05, 0.1) is 21.3 Å². The summed E-state index contributed by atoms with van der Waals surface area (Å²) in [4.78, 5) is 36.1. The minimum atomic E-state index is -3.86. The Morgan fingerprint density at radius 1 is 1.03 bits per heavy atom. The van der Waals surface area contributed by atoms with Crippen molar-refractivity contribution >= 4 is 68.2 Å². The third-order valence-electron chi connectivity index (χ3n) is 5.36. The van der Waals surface area contributed by atoms with Gasteiger partial charge in [0.2, 0.25) is 0 Å². The number of hydrogen-bond acceptors (Lipinski definition) is 8. The number of aromatic nitrogens is 3. The molecule has 0 aliphatic heterocycles. The lowest BCUT2D eigenvalue weighted by Gasteiger charge is -2.19. The van der Waals surface area contributed by atoms with Crippen LogP contribution in [-0.4, -0.2) is 63.8 Å². The smallest absolute Gasteiger partial charge is 0.326 e.